The number of nitrogens with two attached hydrogens (primary N) is 1. The lowest BCUT2D eigenvalue weighted by atomic mass is 10.1. The molecule has 19 heavy (non-hydrogen) atoms. The largest absolute Gasteiger partial charge is 0.496 e. The van der Waals surface area contributed by atoms with E-state index in [4.69, 9.17) is 20.6 Å². The highest BCUT2D eigenvalue weighted by molar-refractivity contribution is 7.99. The fourth-order valence-corrected chi connectivity index (χ4v) is 3.24. The summed E-state index contributed by atoms with van der Waals surface area (Å²) in [4.78, 5) is 0. The van der Waals surface area contributed by atoms with Gasteiger partial charge in [-0.15, -0.1) is 0 Å². The lowest BCUT2D eigenvalue weighted by molar-refractivity contribution is 0.1000. The molecular formula is C14H20N2O2S. The Morgan fingerprint density at radius 1 is 1.47 bits per heavy atom. The van der Waals surface area contributed by atoms with Crippen LogP contribution in [-0.2, 0) is 10.5 Å². The molecule has 104 valence electrons. The van der Waals surface area contributed by atoms with E-state index < -0.39 is 0 Å². The zero-order valence-corrected chi connectivity index (χ0v) is 12.0. The predicted molar refractivity (Wildman–Crippen MR) is 79.1 cm³/mol. The average molecular weight is 280 g/mol. The van der Waals surface area contributed by atoms with Crippen LogP contribution in [0, 0.1) is 5.41 Å². The van der Waals surface area contributed by atoms with E-state index in [1.807, 2.05) is 30.0 Å². The van der Waals surface area contributed by atoms with Gasteiger partial charge in [0.15, 0.2) is 0 Å². The summed E-state index contributed by atoms with van der Waals surface area (Å²) in [6.07, 6.45) is 2.26. The van der Waals surface area contributed by atoms with Gasteiger partial charge in [-0.1, -0.05) is 6.07 Å². The van der Waals surface area contributed by atoms with Crippen LogP contribution >= 0.6 is 11.8 Å². The zero-order chi connectivity index (χ0) is 13.7. The van der Waals surface area contributed by atoms with Gasteiger partial charge >= 0.3 is 0 Å². The first-order valence-electron chi connectivity index (χ1n) is 6.41. The molecule has 0 spiro atoms. The fraction of sp³-hybridized carbons (Fsp3) is 0.500. The van der Waals surface area contributed by atoms with Crippen molar-refractivity contribution < 1.29 is 9.47 Å². The van der Waals surface area contributed by atoms with E-state index in [-0.39, 0.29) is 5.84 Å². The third kappa shape index (κ3) is 3.88. The van der Waals surface area contributed by atoms with Gasteiger partial charge in [0.2, 0.25) is 0 Å². The van der Waals surface area contributed by atoms with Gasteiger partial charge in [-0.2, -0.15) is 11.8 Å². The summed E-state index contributed by atoms with van der Waals surface area (Å²) in [6.45, 7) is 1.76. The van der Waals surface area contributed by atoms with Crippen LogP contribution in [-0.4, -0.2) is 31.4 Å². The van der Waals surface area contributed by atoms with Gasteiger partial charge in [-0.05, 0) is 30.5 Å². The van der Waals surface area contributed by atoms with E-state index >= 15 is 0 Å². The molecule has 3 N–H and O–H groups in total. The van der Waals surface area contributed by atoms with Crippen LogP contribution in [0.3, 0.4) is 0 Å². The Hall–Kier alpha value is -1.20. The minimum atomic E-state index is 0.0421. The molecule has 1 fully saturated rings. The van der Waals surface area contributed by atoms with E-state index in [1.165, 1.54) is 5.56 Å². The first-order valence-corrected chi connectivity index (χ1v) is 7.46. The Kier molecular flexibility index (Phi) is 5.10. The first-order chi connectivity index (χ1) is 9.20. The lowest BCUT2D eigenvalue weighted by Crippen LogP contribution is -2.17. The van der Waals surface area contributed by atoms with Crippen molar-refractivity contribution in [1.29, 1.82) is 5.41 Å². The van der Waals surface area contributed by atoms with Gasteiger partial charge in [-0.3, -0.25) is 5.41 Å². The molecular weight excluding hydrogens is 260 g/mol. The highest BCUT2D eigenvalue weighted by atomic mass is 32.2. The van der Waals surface area contributed by atoms with Crippen molar-refractivity contribution >= 4 is 17.6 Å². The van der Waals surface area contributed by atoms with E-state index in [2.05, 4.69) is 0 Å². The van der Waals surface area contributed by atoms with Crippen molar-refractivity contribution in [3.8, 4) is 5.75 Å². The van der Waals surface area contributed by atoms with Crippen molar-refractivity contribution in [2.24, 2.45) is 5.73 Å². The molecule has 1 aromatic rings. The molecule has 4 nitrogen and oxygen atoms in total. The van der Waals surface area contributed by atoms with Gasteiger partial charge in [0.05, 0.1) is 12.7 Å². The van der Waals surface area contributed by atoms with Crippen molar-refractivity contribution in [2.45, 2.75) is 23.8 Å². The fourth-order valence-electron chi connectivity index (χ4n) is 2.10. The molecule has 1 aliphatic rings. The number of rotatable bonds is 5. The molecule has 0 unspecified atom stereocenters. The average Bonchev–Trinajstić information content (AvgIpc) is 2.45. The number of methoxy groups -OCH3 is 1. The molecule has 1 aromatic carbocycles. The Morgan fingerprint density at radius 3 is 2.84 bits per heavy atom. The second kappa shape index (κ2) is 6.82. The second-order valence-electron chi connectivity index (χ2n) is 4.57. The summed E-state index contributed by atoms with van der Waals surface area (Å²) < 4.78 is 10.6. The number of nitrogens with one attached hydrogen (secondary N) is 1. The molecule has 1 saturated heterocycles. The van der Waals surface area contributed by atoms with Gasteiger partial charge in [0.1, 0.15) is 11.6 Å². The second-order valence-corrected chi connectivity index (χ2v) is 5.86. The number of benzene rings is 1. The van der Waals surface area contributed by atoms with Crippen LogP contribution in [0.25, 0.3) is 0 Å². The first kappa shape index (κ1) is 14.2. The number of nitrogen functional groups attached to an aromatic ring is 1. The van der Waals surface area contributed by atoms with Gasteiger partial charge in [-0.25, -0.2) is 0 Å². The molecule has 0 amide bonds. The Bertz CT molecular complexity index is 445. The van der Waals surface area contributed by atoms with Crippen LogP contribution in [0.15, 0.2) is 18.2 Å². The molecule has 2 rings (SSSR count). The molecule has 1 heterocycles. The summed E-state index contributed by atoms with van der Waals surface area (Å²) in [5.74, 6) is 1.68. The van der Waals surface area contributed by atoms with Crippen LogP contribution < -0.4 is 10.5 Å². The highest BCUT2D eigenvalue weighted by Gasteiger charge is 2.14. The molecule has 0 radical (unpaired) electrons. The topological polar surface area (TPSA) is 68.3 Å². The Morgan fingerprint density at radius 2 is 2.21 bits per heavy atom. The molecule has 5 heteroatoms. The van der Waals surface area contributed by atoms with Gasteiger partial charge in [0, 0.05) is 24.2 Å². The monoisotopic (exact) mass is 280 g/mol. The maximum Gasteiger partial charge on any atom is 0.130 e. The summed E-state index contributed by atoms with van der Waals surface area (Å²) in [6, 6.07) is 5.86. The van der Waals surface area contributed by atoms with Crippen molar-refractivity contribution in [3.05, 3.63) is 29.3 Å². The standard InChI is InChI=1S/C14H20N2O2S/c1-17-13-8-10(2-3-12(13)14(15)16)9-19-11-4-6-18-7-5-11/h2-3,8,11H,4-7,9H2,1H3,(H3,15,16). The van der Waals surface area contributed by atoms with E-state index in [9.17, 15) is 0 Å². The van der Waals surface area contributed by atoms with Gasteiger partial charge in [0.25, 0.3) is 0 Å². The lowest BCUT2D eigenvalue weighted by Gasteiger charge is -2.21. The summed E-state index contributed by atoms with van der Waals surface area (Å²) >= 11 is 1.96. The minimum Gasteiger partial charge on any atom is -0.496 e. The Balaban J connectivity index is 1.98. The summed E-state index contributed by atoms with van der Waals surface area (Å²) in [7, 11) is 1.61. The Labute approximate surface area is 118 Å². The summed E-state index contributed by atoms with van der Waals surface area (Å²) in [5, 5.41) is 8.18. The zero-order valence-electron chi connectivity index (χ0n) is 11.1. The molecule has 0 bridgehead atoms. The molecule has 0 atom stereocenters. The smallest absolute Gasteiger partial charge is 0.130 e. The third-order valence-electron chi connectivity index (χ3n) is 3.21. The SMILES string of the molecule is COc1cc(CSC2CCOCC2)ccc1C(=N)N. The van der Waals surface area contributed by atoms with Crippen molar-refractivity contribution in [3.63, 3.8) is 0 Å². The van der Waals surface area contributed by atoms with E-state index in [1.54, 1.807) is 7.11 Å². The van der Waals surface area contributed by atoms with E-state index in [0.717, 1.165) is 31.8 Å². The number of hydrogen-bond donors (Lipinski definition) is 2. The van der Waals surface area contributed by atoms with Crippen LogP contribution in [0.2, 0.25) is 0 Å². The number of hydrogen-bond acceptors (Lipinski definition) is 4. The van der Waals surface area contributed by atoms with Crippen molar-refractivity contribution in [2.75, 3.05) is 20.3 Å². The normalized spacial score (nSPS) is 16.3. The molecule has 0 saturated carbocycles. The quantitative estimate of drug-likeness (QED) is 0.642. The van der Waals surface area contributed by atoms with Crippen molar-refractivity contribution in [1.82, 2.24) is 0 Å². The number of ether oxygens (including phenoxy) is 2. The third-order valence-corrected chi connectivity index (χ3v) is 4.65. The highest BCUT2D eigenvalue weighted by Crippen LogP contribution is 2.28. The van der Waals surface area contributed by atoms with Crippen LogP contribution in [0.4, 0.5) is 0 Å². The maximum atomic E-state index is 7.49. The minimum absolute atomic E-state index is 0.0421. The van der Waals surface area contributed by atoms with Crippen LogP contribution in [0.5, 0.6) is 5.75 Å². The predicted octanol–water partition coefficient (Wildman–Crippen LogP) is 2.39. The molecule has 0 aromatic heterocycles. The maximum absolute atomic E-state index is 7.49. The van der Waals surface area contributed by atoms with E-state index in [0.29, 0.717) is 16.6 Å². The number of thioether (sulfide) groups is 1. The number of amidine groups is 1. The summed E-state index contributed by atoms with van der Waals surface area (Å²) in [5.41, 5.74) is 7.38. The van der Waals surface area contributed by atoms with Crippen LogP contribution in [0.1, 0.15) is 24.0 Å². The molecule has 0 aliphatic carbocycles. The van der Waals surface area contributed by atoms with Gasteiger partial charge < -0.3 is 15.2 Å². The molecule has 1 aliphatic heterocycles.